The number of imidazole rings is 1. The van der Waals surface area contributed by atoms with Gasteiger partial charge in [0.25, 0.3) is 0 Å². The first-order chi connectivity index (χ1) is 10.7. The summed E-state index contributed by atoms with van der Waals surface area (Å²) in [4.78, 5) is 3.85. The van der Waals surface area contributed by atoms with Crippen molar-refractivity contribution >= 4 is 0 Å². The summed E-state index contributed by atoms with van der Waals surface area (Å²) in [6.07, 6.45) is 1.43. The van der Waals surface area contributed by atoms with Gasteiger partial charge < -0.3 is 14.0 Å². The number of rotatable bonds is 5. The monoisotopic (exact) mass is 293 g/mol. The maximum absolute atomic E-state index is 9.02. The summed E-state index contributed by atoms with van der Waals surface area (Å²) in [5, 5.41) is 26.7. The number of methoxy groups -OCH3 is 1. The van der Waals surface area contributed by atoms with Gasteiger partial charge >= 0.3 is 0 Å². The van der Waals surface area contributed by atoms with Gasteiger partial charge in [-0.25, -0.2) is 4.98 Å². The SMILES string of the molecule is COc1cc(C#N)ccc1OCCn1cnc(C#N)c1C#N. The van der Waals surface area contributed by atoms with Crippen molar-refractivity contribution in [3.05, 3.63) is 41.5 Å². The van der Waals surface area contributed by atoms with Crippen LogP contribution in [0.1, 0.15) is 17.0 Å². The minimum Gasteiger partial charge on any atom is -0.493 e. The number of aromatic nitrogens is 2. The van der Waals surface area contributed by atoms with Crippen LogP contribution >= 0.6 is 0 Å². The molecule has 7 nitrogen and oxygen atoms in total. The molecule has 0 aliphatic rings. The molecule has 0 fully saturated rings. The maximum atomic E-state index is 9.02. The van der Waals surface area contributed by atoms with Crippen LogP contribution in [0.5, 0.6) is 11.5 Å². The molecular weight excluding hydrogens is 282 g/mol. The lowest BCUT2D eigenvalue weighted by Gasteiger charge is -2.11. The van der Waals surface area contributed by atoms with E-state index < -0.39 is 0 Å². The zero-order valence-electron chi connectivity index (χ0n) is 11.8. The van der Waals surface area contributed by atoms with Crippen molar-refractivity contribution in [2.45, 2.75) is 6.54 Å². The third-order valence-electron chi connectivity index (χ3n) is 2.93. The summed E-state index contributed by atoms with van der Waals surface area (Å²) in [6.45, 7) is 0.624. The highest BCUT2D eigenvalue weighted by Gasteiger charge is 2.10. The van der Waals surface area contributed by atoms with Gasteiger partial charge in [-0.15, -0.1) is 0 Å². The number of nitrogens with zero attached hydrogens (tertiary/aromatic N) is 5. The number of ether oxygens (including phenoxy) is 2. The Morgan fingerprint density at radius 1 is 1.14 bits per heavy atom. The summed E-state index contributed by atoms with van der Waals surface area (Å²) < 4.78 is 12.3. The molecule has 1 heterocycles. The zero-order valence-corrected chi connectivity index (χ0v) is 11.8. The summed E-state index contributed by atoms with van der Waals surface area (Å²) in [5.41, 5.74) is 0.778. The van der Waals surface area contributed by atoms with Gasteiger partial charge in [-0.3, -0.25) is 0 Å². The molecule has 1 aromatic carbocycles. The Bertz CT molecular complexity index is 805. The van der Waals surface area contributed by atoms with Crippen molar-refractivity contribution in [3.63, 3.8) is 0 Å². The normalized spacial score (nSPS) is 9.36. The summed E-state index contributed by atoms with van der Waals surface area (Å²) in [7, 11) is 1.49. The van der Waals surface area contributed by atoms with Gasteiger partial charge in [0.2, 0.25) is 0 Å². The van der Waals surface area contributed by atoms with Crippen LogP contribution in [0.2, 0.25) is 0 Å². The largest absolute Gasteiger partial charge is 0.493 e. The van der Waals surface area contributed by atoms with Crippen molar-refractivity contribution in [3.8, 4) is 29.7 Å². The van der Waals surface area contributed by atoms with Crippen LogP contribution in [-0.4, -0.2) is 23.3 Å². The van der Waals surface area contributed by atoms with Gasteiger partial charge in [0.15, 0.2) is 22.9 Å². The number of nitriles is 3. The van der Waals surface area contributed by atoms with Crippen LogP contribution in [0, 0.1) is 34.0 Å². The molecule has 7 heteroatoms. The summed E-state index contributed by atoms with van der Waals surface area (Å²) >= 11 is 0. The molecular formula is C15H11N5O2. The molecule has 0 N–H and O–H groups in total. The topological polar surface area (TPSA) is 108 Å². The minimum absolute atomic E-state index is 0.0958. The zero-order chi connectivity index (χ0) is 15.9. The van der Waals surface area contributed by atoms with E-state index in [9.17, 15) is 0 Å². The fourth-order valence-corrected chi connectivity index (χ4v) is 1.86. The number of hydrogen-bond donors (Lipinski definition) is 0. The molecule has 108 valence electrons. The standard InChI is InChI=1S/C15H11N5O2/c1-21-15-6-11(7-16)2-3-14(15)22-5-4-20-10-19-12(8-17)13(20)9-18/h2-3,6,10H,4-5H2,1H3. The Hall–Kier alpha value is -3.50. The molecule has 0 unspecified atom stereocenters. The van der Waals surface area contributed by atoms with E-state index in [0.717, 1.165) is 0 Å². The van der Waals surface area contributed by atoms with Crippen LogP contribution in [0.4, 0.5) is 0 Å². The molecule has 0 aliphatic carbocycles. The maximum Gasteiger partial charge on any atom is 0.176 e. The van der Waals surface area contributed by atoms with Crippen LogP contribution in [0.3, 0.4) is 0 Å². The van der Waals surface area contributed by atoms with Crippen molar-refractivity contribution in [2.75, 3.05) is 13.7 Å². The Balaban J connectivity index is 2.06. The molecule has 0 saturated carbocycles. The molecule has 0 saturated heterocycles. The van der Waals surface area contributed by atoms with Crippen molar-refractivity contribution in [1.82, 2.24) is 9.55 Å². The predicted octanol–water partition coefficient (Wildman–Crippen LogP) is 1.59. The molecule has 0 radical (unpaired) electrons. The quantitative estimate of drug-likeness (QED) is 0.828. The fraction of sp³-hybridized carbons (Fsp3) is 0.200. The van der Waals surface area contributed by atoms with Gasteiger partial charge in [0, 0.05) is 6.07 Å². The smallest absolute Gasteiger partial charge is 0.176 e. The highest BCUT2D eigenvalue weighted by Crippen LogP contribution is 2.27. The summed E-state index contributed by atoms with van der Waals surface area (Å²) in [5.74, 6) is 0.962. The Morgan fingerprint density at radius 2 is 1.95 bits per heavy atom. The highest BCUT2D eigenvalue weighted by atomic mass is 16.5. The highest BCUT2D eigenvalue weighted by molar-refractivity contribution is 5.46. The average molecular weight is 293 g/mol. The molecule has 1 aromatic heterocycles. The van der Waals surface area contributed by atoms with E-state index in [0.29, 0.717) is 23.6 Å². The van der Waals surface area contributed by atoms with E-state index in [1.165, 1.54) is 13.4 Å². The number of hydrogen-bond acceptors (Lipinski definition) is 6. The lowest BCUT2D eigenvalue weighted by molar-refractivity contribution is 0.279. The van der Waals surface area contributed by atoms with Crippen LogP contribution in [0.25, 0.3) is 0 Å². The van der Waals surface area contributed by atoms with Crippen molar-refractivity contribution in [2.24, 2.45) is 0 Å². The van der Waals surface area contributed by atoms with E-state index >= 15 is 0 Å². The minimum atomic E-state index is 0.0958. The first kappa shape index (κ1) is 14.9. The summed E-state index contributed by atoms with van der Waals surface area (Å²) in [6, 6.07) is 10.7. The average Bonchev–Trinajstić information content (AvgIpc) is 2.96. The molecule has 22 heavy (non-hydrogen) atoms. The molecule has 2 aromatic rings. The molecule has 0 spiro atoms. The molecule has 0 bridgehead atoms. The lowest BCUT2D eigenvalue weighted by atomic mass is 10.2. The van der Waals surface area contributed by atoms with Gasteiger partial charge in [0.1, 0.15) is 18.7 Å². The molecule has 2 rings (SSSR count). The second-order valence-corrected chi connectivity index (χ2v) is 4.18. The third kappa shape index (κ3) is 2.98. The first-order valence-electron chi connectivity index (χ1n) is 6.29. The van der Waals surface area contributed by atoms with Crippen LogP contribution < -0.4 is 9.47 Å². The van der Waals surface area contributed by atoms with Crippen molar-refractivity contribution < 1.29 is 9.47 Å². The van der Waals surface area contributed by atoms with Crippen LogP contribution in [-0.2, 0) is 6.54 Å². The second kappa shape index (κ2) is 6.78. The van der Waals surface area contributed by atoms with Gasteiger partial charge in [-0.2, -0.15) is 15.8 Å². The first-order valence-corrected chi connectivity index (χ1v) is 6.29. The van der Waals surface area contributed by atoms with Gasteiger partial charge in [0.05, 0.1) is 31.6 Å². The van der Waals surface area contributed by atoms with Gasteiger partial charge in [-0.1, -0.05) is 0 Å². The predicted molar refractivity (Wildman–Crippen MR) is 74.9 cm³/mol. The Kier molecular flexibility index (Phi) is 4.59. The molecule has 0 aliphatic heterocycles. The third-order valence-corrected chi connectivity index (χ3v) is 2.93. The van der Waals surface area contributed by atoms with Crippen LogP contribution in [0.15, 0.2) is 24.5 Å². The van der Waals surface area contributed by atoms with E-state index in [1.807, 2.05) is 18.2 Å². The van der Waals surface area contributed by atoms with E-state index in [-0.39, 0.29) is 18.0 Å². The van der Waals surface area contributed by atoms with Crippen molar-refractivity contribution in [1.29, 1.82) is 15.8 Å². The van der Waals surface area contributed by atoms with E-state index in [2.05, 4.69) is 4.98 Å². The molecule has 0 atom stereocenters. The van der Waals surface area contributed by atoms with Gasteiger partial charge in [-0.05, 0) is 12.1 Å². The van der Waals surface area contributed by atoms with E-state index in [1.54, 1.807) is 22.8 Å². The fourth-order valence-electron chi connectivity index (χ4n) is 1.86. The Labute approximate surface area is 127 Å². The number of benzene rings is 1. The lowest BCUT2D eigenvalue weighted by Crippen LogP contribution is -2.09. The second-order valence-electron chi connectivity index (χ2n) is 4.18. The molecule has 0 amide bonds. The van der Waals surface area contributed by atoms with E-state index in [4.69, 9.17) is 25.3 Å². The Morgan fingerprint density at radius 3 is 2.59 bits per heavy atom.